The number of hydrogen-bond donors (Lipinski definition) is 0. The summed E-state index contributed by atoms with van der Waals surface area (Å²) in [7, 11) is 0. The van der Waals surface area contributed by atoms with Crippen molar-refractivity contribution in [3.8, 4) is 0 Å². The van der Waals surface area contributed by atoms with Crippen LogP contribution >= 0.6 is 38.9 Å². The molecule has 0 aliphatic rings. The zero-order chi connectivity index (χ0) is 13.1. The van der Waals surface area contributed by atoms with Gasteiger partial charge in [0.1, 0.15) is 0 Å². The summed E-state index contributed by atoms with van der Waals surface area (Å²) in [6.45, 7) is 4.36. The average Bonchev–Trinajstić information content (AvgIpc) is 2.83. The van der Waals surface area contributed by atoms with Crippen molar-refractivity contribution in [2.45, 2.75) is 32.1 Å². The smallest absolute Gasteiger partial charge is 0.0930 e. The molecule has 1 aromatic heterocycles. The fourth-order valence-electron chi connectivity index (χ4n) is 2.04. The lowest BCUT2D eigenvalue weighted by Gasteiger charge is -2.14. The topological polar surface area (TPSA) is 0 Å². The monoisotopic (exact) mass is 342 g/mol. The first kappa shape index (κ1) is 14.1. The summed E-state index contributed by atoms with van der Waals surface area (Å²) in [6.07, 6.45) is 2.07. The van der Waals surface area contributed by atoms with Crippen LogP contribution in [-0.4, -0.2) is 0 Å². The number of benzene rings is 1. The molecule has 0 bridgehead atoms. The van der Waals surface area contributed by atoms with Gasteiger partial charge in [0, 0.05) is 4.88 Å². The highest BCUT2D eigenvalue weighted by Crippen LogP contribution is 2.37. The van der Waals surface area contributed by atoms with Gasteiger partial charge in [0.05, 0.1) is 9.16 Å². The minimum atomic E-state index is -0.0391. The molecule has 1 heterocycles. The van der Waals surface area contributed by atoms with E-state index in [1.165, 1.54) is 21.6 Å². The SMILES string of the molecule is CCc1ccc(CC)c(C(Cl)c2ccc(Br)s2)c1. The molecule has 0 nitrogen and oxygen atoms in total. The number of halogens is 2. The largest absolute Gasteiger partial charge is 0.131 e. The maximum absolute atomic E-state index is 6.65. The van der Waals surface area contributed by atoms with Crippen molar-refractivity contribution in [2.24, 2.45) is 0 Å². The molecule has 2 rings (SSSR count). The standard InChI is InChI=1S/C15H16BrClS/c1-3-10-5-6-11(4-2)12(9-10)15(17)13-7-8-14(16)18-13/h5-9,15H,3-4H2,1-2H3. The Labute approximate surface area is 126 Å². The van der Waals surface area contributed by atoms with E-state index in [4.69, 9.17) is 11.6 Å². The predicted molar refractivity (Wildman–Crippen MR) is 84.9 cm³/mol. The molecule has 3 heteroatoms. The molecule has 0 saturated carbocycles. The third-order valence-corrected chi connectivity index (χ3v) is 5.40. The zero-order valence-corrected chi connectivity index (χ0v) is 13.7. The summed E-state index contributed by atoms with van der Waals surface area (Å²) in [4.78, 5) is 1.20. The van der Waals surface area contributed by atoms with E-state index < -0.39 is 0 Å². The van der Waals surface area contributed by atoms with E-state index in [9.17, 15) is 0 Å². The quantitative estimate of drug-likeness (QED) is 0.600. The van der Waals surface area contributed by atoms with Crippen molar-refractivity contribution in [3.05, 3.63) is 55.7 Å². The van der Waals surface area contributed by atoms with Gasteiger partial charge < -0.3 is 0 Å². The molecule has 0 saturated heterocycles. The van der Waals surface area contributed by atoms with Gasteiger partial charge in [-0.1, -0.05) is 32.0 Å². The maximum atomic E-state index is 6.65. The van der Waals surface area contributed by atoms with E-state index in [1.807, 2.05) is 0 Å². The van der Waals surface area contributed by atoms with Crippen LogP contribution in [0.25, 0.3) is 0 Å². The Morgan fingerprint density at radius 3 is 2.50 bits per heavy atom. The molecule has 18 heavy (non-hydrogen) atoms. The van der Waals surface area contributed by atoms with E-state index in [0.717, 1.165) is 16.6 Å². The second kappa shape index (κ2) is 6.23. The van der Waals surface area contributed by atoms with E-state index >= 15 is 0 Å². The summed E-state index contributed by atoms with van der Waals surface area (Å²) >= 11 is 11.9. The molecule has 2 aromatic rings. The molecule has 0 radical (unpaired) electrons. The van der Waals surface area contributed by atoms with Crippen LogP contribution in [0.3, 0.4) is 0 Å². The number of hydrogen-bond acceptors (Lipinski definition) is 1. The molecule has 96 valence electrons. The van der Waals surface area contributed by atoms with Crippen molar-refractivity contribution in [2.75, 3.05) is 0 Å². The zero-order valence-electron chi connectivity index (χ0n) is 10.5. The first-order valence-corrected chi connectivity index (χ1v) is 8.21. The molecule has 0 N–H and O–H groups in total. The Morgan fingerprint density at radius 2 is 1.94 bits per heavy atom. The molecular weight excluding hydrogens is 328 g/mol. The molecule has 0 spiro atoms. The van der Waals surface area contributed by atoms with Crippen molar-refractivity contribution in [1.29, 1.82) is 0 Å². The van der Waals surface area contributed by atoms with Crippen molar-refractivity contribution >= 4 is 38.9 Å². The maximum Gasteiger partial charge on any atom is 0.0930 e. The molecular formula is C15H16BrClS. The molecule has 0 aliphatic carbocycles. The number of aryl methyl sites for hydroxylation is 2. The second-order valence-electron chi connectivity index (χ2n) is 4.24. The van der Waals surface area contributed by atoms with Crippen LogP contribution < -0.4 is 0 Å². The summed E-state index contributed by atoms with van der Waals surface area (Å²) in [6, 6.07) is 10.8. The second-order valence-corrected chi connectivity index (χ2v) is 7.18. The van der Waals surface area contributed by atoms with Gasteiger partial charge in [0.15, 0.2) is 0 Å². The number of thiophene rings is 1. The van der Waals surface area contributed by atoms with Crippen LogP contribution in [0.4, 0.5) is 0 Å². The lowest BCUT2D eigenvalue weighted by Crippen LogP contribution is -1.98. The van der Waals surface area contributed by atoms with Gasteiger partial charge >= 0.3 is 0 Å². The highest BCUT2D eigenvalue weighted by atomic mass is 79.9. The van der Waals surface area contributed by atoms with Crippen LogP contribution in [-0.2, 0) is 12.8 Å². The van der Waals surface area contributed by atoms with Gasteiger partial charge in [-0.05, 0) is 57.6 Å². The summed E-state index contributed by atoms with van der Waals surface area (Å²) in [5.74, 6) is 0. The van der Waals surface area contributed by atoms with E-state index in [1.54, 1.807) is 11.3 Å². The lowest BCUT2D eigenvalue weighted by atomic mass is 9.97. The van der Waals surface area contributed by atoms with Crippen molar-refractivity contribution in [3.63, 3.8) is 0 Å². The van der Waals surface area contributed by atoms with Gasteiger partial charge in [0.2, 0.25) is 0 Å². The Bertz CT molecular complexity index is 533. The third-order valence-electron chi connectivity index (χ3n) is 3.12. The van der Waals surface area contributed by atoms with Gasteiger partial charge in [0.25, 0.3) is 0 Å². The van der Waals surface area contributed by atoms with Crippen molar-refractivity contribution < 1.29 is 0 Å². The number of rotatable bonds is 4. The fourth-order valence-corrected chi connectivity index (χ4v) is 3.87. The van der Waals surface area contributed by atoms with Crippen LogP contribution in [0, 0.1) is 0 Å². The highest BCUT2D eigenvalue weighted by molar-refractivity contribution is 9.11. The van der Waals surface area contributed by atoms with Gasteiger partial charge in [-0.2, -0.15) is 0 Å². The summed E-state index contributed by atoms with van der Waals surface area (Å²) in [5, 5.41) is -0.0391. The van der Waals surface area contributed by atoms with Gasteiger partial charge in [-0.3, -0.25) is 0 Å². The van der Waals surface area contributed by atoms with Crippen LogP contribution in [0.1, 0.15) is 40.8 Å². The van der Waals surface area contributed by atoms with Crippen LogP contribution in [0.2, 0.25) is 0 Å². The Morgan fingerprint density at radius 1 is 1.17 bits per heavy atom. The third kappa shape index (κ3) is 2.98. The van der Waals surface area contributed by atoms with E-state index in [0.29, 0.717) is 0 Å². The summed E-state index contributed by atoms with van der Waals surface area (Å²) in [5.41, 5.74) is 3.95. The minimum absolute atomic E-state index is 0.0391. The van der Waals surface area contributed by atoms with E-state index in [2.05, 4.69) is 60.1 Å². The molecule has 0 aliphatic heterocycles. The molecule has 1 atom stereocenters. The van der Waals surface area contributed by atoms with Crippen LogP contribution in [0.5, 0.6) is 0 Å². The fraction of sp³-hybridized carbons (Fsp3) is 0.333. The van der Waals surface area contributed by atoms with Crippen molar-refractivity contribution in [1.82, 2.24) is 0 Å². The number of alkyl halides is 1. The highest BCUT2D eigenvalue weighted by Gasteiger charge is 2.16. The predicted octanol–water partition coefficient (Wildman–Crippen LogP) is 5.96. The van der Waals surface area contributed by atoms with Gasteiger partial charge in [-0.15, -0.1) is 22.9 Å². The summed E-state index contributed by atoms with van der Waals surface area (Å²) < 4.78 is 1.13. The first-order valence-electron chi connectivity index (χ1n) is 6.16. The Kier molecular flexibility index (Phi) is 4.88. The molecule has 1 aromatic carbocycles. The Hall–Kier alpha value is -0.310. The Balaban J connectivity index is 2.41. The normalized spacial score (nSPS) is 12.7. The van der Waals surface area contributed by atoms with E-state index in [-0.39, 0.29) is 5.38 Å². The van der Waals surface area contributed by atoms with Gasteiger partial charge in [-0.25, -0.2) is 0 Å². The molecule has 0 fully saturated rings. The van der Waals surface area contributed by atoms with Crippen LogP contribution in [0.15, 0.2) is 34.1 Å². The lowest BCUT2D eigenvalue weighted by molar-refractivity contribution is 1.03. The molecule has 1 unspecified atom stereocenters. The molecule has 0 amide bonds. The minimum Gasteiger partial charge on any atom is -0.131 e. The average molecular weight is 344 g/mol. The first-order chi connectivity index (χ1) is 8.65.